The molecule has 4 unspecified atom stereocenters. The standard InChI is InChI=1S/C20H24ClFNO3P/c1-4-18(27(3)5-2)26-17-11-16(15(22)10-14(17)21)23-19(24)12-8-6-7-9-13(12)20(23)25/h6,8,10-13,18H,4-5,7,9H2,1-3H3. The van der Waals surface area contributed by atoms with Crippen LogP contribution in [0.25, 0.3) is 0 Å². The minimum absolute atomic E-state index is 0.0173. The summed E-state index contributed by atoms with van der Waals surface area (Å²) in [6, 6.07) is 2.52. The number of rotatable bonds is 6. The maximum Gasteiger partial charge on any atom is 0.241 e. The van der Waals surface area contributed by atoms with Gasteiger partial charge in [0.2, 0.25) is 11.8 Å². The van der Waals surface area contributed by atoms with Gasteiger partial charge in [0.25, 0.3) is 0 Å². The maximum atomic E-state index is 14.7. The van der Waals surface area contributed by atoms with Crippen molar-refractivity contribution < 1.29 is 18.7 Å². The topological polar surface area (TPSA) is 46.6 Å². The third-order valence-electron chi connectivity index (χ3n) is 5.31. The van der Waals surface area contributed by atoms with Crippen LogP contribution in [-0.2, 0) is 9.59 Å². The highest BCUT2D eigenvalue weighted by molar-refractivity contribution is 7.57. The van der Waals surface area contributed by atoms with E-state index in [1.165, 1.54) is 6.07 Å². The molecule has 27 heavy (non-hydrogen) atoms. The summed E-state index contributed by atoms with van der Waals surface area (Å²) in [7, 11) is -0.366. The van der Waals surface area contributed by atoms with Crippen molar-refractivity contribution in [3.05, 3.63) is 35.1 Å². The quantitative estimate of drug-likeness (QED) is 0.368. The molecule has 0 spiro atoms. The van der Waals surface area contributed by atoms with E-state index < -0.39 is 17.7 Å². The lowest BCUT2D eigenvalue weighted by Gasteiger charge is -2.25. The van der Waals surface area contributed by atoms with Crippen LogP contribution in [0.3, 0.4) is 0 Å². The molecule has 1 aliphatic heterocycles. The maximum absolute atomic E-state index is 14.7. The summed E-state index contributed by atoms with van der Waals surface area (Å²) in [5.41, 5.74) is -0.0704. The average molecular weight is 412 g/mol. The molecule has 0 radical (unpaired) electrons. The molecule has 1 fully saturated rings. The van der Waals surface area contributed by atoms with E-state index in [1.807, 2.05) is 13.0 Å². The number of benzene rings is 1. The average Bonchev–Trinajstić information content (AvgIpc) is 2.92. The lowest BCUT2D eigenvalue weighted by Crippen LogP contribution is -2.31. The van der Waals surface area contributed by atoms with Gasteiger partial charge in [-0.2, -0.15) is 0 Å². The van der Waals surface area contributed by atoms with Crippen molar-refractivity contribution >= 4 is 37.0 Å². The Kier molecular flexibility index (Phi) is 6.22. The molecule has 1 aromatic carbocycles. The van der Waals surface area contributed by atoms with Crippen LogP contribution in [0.4, 0.5) is 10.1 Å². The minimum atomic E-state index is -0.695. The lowest BCUT2D eigenvalue weighted by molar-refractivity contribution is -0.122. The van der Waals surface area contributed by atoms with Gasteiger partial charge in [-0.1, -0.05) is 45.5 Å². The third-order valence-corrected chi connectivity index (χ3v) is 8.06. The highest BCUT2D eigenvalue weighted by Crippen LogP contribution is 2.44. The molecule has 2 amide bonds. The molecule has 0 bridgehead atoms. The summed E-state index contributed by atoms with van der Waals surface area (Å²) >= 11 is 6.19. The first-order chi connectivity index (χ1) is 12.9. The molecule has 1 heterocycles. The molecular formula is C20H24ClFNO3P. The number of anilines is 1. The first-order valence-electron chi connectivity index (χ1n) is 9.29. The van der Waals surface area contributed by atoms with Gasteiger partial charge in [-0.05, 0) is 38.2 Å². The zero-order valence-electron chi connectivity index (χ0n) is 15.7. The fourth-order valence-electron chi connectivity index (χ4n) is 3.64. The molecule has 0 N–H and O–H groups in total. The number of imide groups is 1. The number of hydrogen-bond donors (Lipinski definition) is 0. The van der Waals surface area contributed by atoms with Crippen LogP contribution in [0, 0.1) is 17.7 Å². The number of fused-ring (bicyclic) bond motifs is 1. The monoisotopic (exact) mass is 411 g/mol. The van der Waals surface area contributed by atoms with Gasteiger partial charge in [0, 0.05) is 6.07 Å². The zero-order valence-corrected chi connectivity index (χ0v) is 17.4. The van der Waals surface area contributed by atoms with E-state index in [1.54, 1.807) is 6.08 Å². The molecule has 4 atom stereocenters. The highest BCUT2D eigenvalue weighted by Gasteiger charge is 2.48. The van der Waals surface area contributed by atoms with Gasteiger partial charge in [0.05, 0.1) is 22.5 Å². The predicted molar refractivity (Wildman–Crippen MR) is 107 cm³/mol. The SMILES string of the molecule is CCC(Oc1cc(N2C(=O)C3C=CCCC3C2=O)c(F)cc1Cl)P(C)CC. The molecular weight excluding hydrogens is 388 g/mol. The zero-order chi connectivity index (χ0) is 19.7. The Bertz CT molecular complexity index is 785. The second-order valence-electron chi connectivity index (χ2n) is 6.94. The van der Waals surface area contributed by atoms with Gasteiger partial charge < -0.3 is 4.74 Å². The van der Waals surface area contributed by atoms with Crippen molar-refractivity contribution in [1.82, 2.24) is 0 Å². The van der Waals surface area contributed by atoms with Crippen LogP contribution in [-0.4, -0.2) is 30.5 Å². The molecule has 7 heteroatoms. The van der Waals surface area contributed by atoms with Crippen LogP contribution in [0.5, 0.6) is 5.75 Å². The van der Waals surface area contributed by atoms with Crippen LogP contribution in [0.1, 0.15) is 33.1 Å². The van der Waals surface area contributed by atoms with Gasteiger partial charge in [0.15, 0.2) is 0 Å². The number of carbonyl (C=O) groups is 2. The number of halogens is 2. The fourth-order valence-corrected chi connectivity index (χ4v) is 5.16. The second kappa shape index (κ2) is 8.28. The predicted octanol–water partition coefficient (Wildman–Crippen LogP) is 5.18. The molecule has 1 aromatic rings. The van der Waals surface area contributed by atoms with Crippen LogP contribution >= 0.6 is 19.5 Å². The minimum Gasteiger partial charge on any atom is -0.484 e. The van der Waals surface area contributed by atoms with Crippen molar-refractivity contribution in [2.75, 3.05) is 17.7 Å². The van der Waals surface area contributed by atoms with E-state index in [0.29, 0.717) is 12.2 Å². The van der Waals surface area contributed by atoms with E-state index in [0.717, 1.165) is 30.0 Å². The lowest BCUT2D eigenvalue weighted by atomic mass is 9.86. The molecule has 2 aliphatic rings. The molecule has 146 valence electrons. The van der Waals surface area contributed by atoms with E-state index in [9.17, 15) is 14.0 Å². The Hall–Kier alpha value is -1.45. The van der Waals surface area contributed by atoms with Crippen LogP contribution in [0.2, 0.25) is 5.02 Å². The van der Waals surface area contributed by atoms with Crippen molar-refractivity contribution in [2.45, 2.75) is 39.0 Å². The molecule has 1 saturated heterocycles. The Morgan fingerprint density at radius 3 is 2.70 bits per heavy atom. The number of hydrogen-bond acceptors (Lipinski definition) is 3. The van der Waals surface area contributed by atoms with E-state index in [2.05, 4.69) is 13.6 Å². The van der Waals surface area contributed by atoms with E-state index in [-0.39, 0.29) is 36.3 Å². The molecule has 4 nitrogen and oxygen atoms in total. The van der Waals surface area contributed by atoms with Gasteiger partial charge in [-0.25, -0.2) is 9.29 Å². The number of ether oxygens (including phenoxy) is 1. The molecule has 1 aliphatic carbocycles. The van der Waals surface area contributed by atoms with E-state index >= 15 is 0 Å². The number of amides is 2. The molecule has 3 rings (SSSR count). The van der Waals surface area contributed by atoms with Crippen molar-refractivity contribution in [1.29, 1.82) is 0 Å². The summed E-state index contributed by atoms with van der Waals surface area (Å²) < 4.78 is 20.7. The number of nitrogens with zero attached hydrogens (tertiary/aromatic N) is 1. The summed E-state index contributed by atoms with van der Waals surface area (Å²) in [6.45, 7) is 6.28. The van der Waals surface area contributed by atoms with Gasteiger partial charge in [0.1, 0.15) is 17.4 Å². The Morgan fingerprint density at radius 2 is 2.07 bits per heavy atom. The second-order valence-corrected chi connectivity index (χ2v) is 10.1. The van der Waals surface area contributed by atoms with Crippen molar-refractivity contribution in [2.24, 2.45) is 11.8 Å². The largest absolute Gasteiger partial charge is 0.484 e. The van der Waals surface area contributed by atoms with E-state index in [4.69, 9.17) is 16.3 Å². The normalized spacial score (nSPS) is 24.1. The molecule has 0 saturated carbocycles. The first kappa shape index (κ1) is 20.3. The fraction of sp³-hybridized carbons (Fsp3) is 0.500. The van der Waals surface area contributed by atoms with Crippen molar-refractivity contribution in [3.63, 3.8) is 0 Å². The Balaban J connectivity index is 1.96. The van der Waals surface area contributed by atoms with Gasteiger partial charge in [-0.3, -0.25) is 9.59 Å². The smallest absolute Gasteiger partial charge is 0.241 e. The number of carbonyl (C=O) groups excluding carboxylic acids is 2. The summed E-state index contributed by atoms with van der Waals surface area (Å²) in [5, 5.41) is 0.144. The molecule has 0 aromatic heterocycles. The summed E-state index contributed by atoms with van der Waals surface area (Å²) in [6.07, 6.45) is 6.82. The Morgan fingerprint density at radius 1 is 1.33 bits per heavy atom. The van der Waals surface area contributed by atoms with Gasteiger partial charge >= 0.3 is 0 Å². The van der Waals surface area contributed by atoms with Gasteiger partial charge in [-0.15, -0.1) is 0 Å². The number of allylic oxidation sites excluding steroid dienone is 1. The van der Waals surface area contributed by atoms with Crippen molar-refractivity contribution in [3.8, 4) is 5.75 Å². The summed E-state index contributed by atoms with van der Waals surface area (Å²) in [5.74, 6) is -2.04. The third kappa shape index (κ3) is 3.77. The van der Waals surface area contributed by atoms with Crippen LogP contribution < -0.4 is 9.64 Å². The first-order valence-corrected chi connectivity index (χ1v) is 11.7. The Labute approximate surface area is 165 Å². The van der Waals surface area contributed by atoms with Crippen LogP contribution in [0.15, 0.2) is 24.3 Å². The highest BCUT2D eigenvalue weighted by atomic mass is 35.5. The summed E-state index contributed by atoms with van der Waals surface area (Å²) in [4.78, 5) is 26.5.